The highest BCUT2D eigenvalue weighted by molar-refractivity contribution is 6.06. The van der Waals surface area contributed by atoms with Crippen LogP contribution in [0.5, 0.6) is 0 Å². The van der Waals surface area contributed by atoms with Crippen molar-refractivity contribution in [3.05, 3.63) is 42.2 Å². The number of ether oxygens (including phenoxy) is 1. The molecule has 0 atom stereocenters. The van der Waals surface area contributed by atoms with Crippen LogP contribution in [0.4, 0.5) is 0 Å². The second-order valence-corrected chi connectivity index (χ2v) is 3.88. The molecule has 0 saturated heterocycles. The number of amides is 1. The van der Waals surface area contributed by atoms with Gasteiger partial charge in [0.15, 0.2) is 12.0 Å². The van der Waals surface area contributed by atoms with E-state index in [2.05, 4.69) is 17.0 Å². The average molecular weight is 259 g/mol. The maximum atomic E-state index is 12.0. The Bertz CT molecular complexity index is 646. The number of aromatic nitrogens is 2. The number of allylic oxidation sites excluding steroid dienone is 1. The predicted octanol–water partition coefficient (Wildman–Crippen LogP) is 1.08. The van der Waals surface area contributed by atoms with Crippen molar-refractivity contribution >= 4 is 23.1 Å². The number of aldehydes is 1. The quantitative estimate of drug-likeness (QED) is 0.644. The number of fused-ring (bicyclic) bond motifs is 1. The number of nitrogens with zero attached hydrogens (tertiary/aromatic N) is 2. The highest BCUT2D eigenvalue weighted by atomic mass is 16.5. The lowest BCUT2D eigenvalue weighted by atomic mass is 10.2. The molecule has 0 spiro atoms. The second kappa shape index (κ2) is 5.45. The molecule has 1 aromatic carbocycles. The van der Waals surface area contributed by atoms with Crippen LogP contribution in [-0.4, -0.2) is 29.1 Å². The van der Waals surface area contributed by atoms with Crippen LogP contribution in [-0.2, 0) is 16.3 Å². The van der Waals surface area contributed by atoms with Crippen LogP contribution < -0.4 is 5.32 Å². The van der Waals surface area contributed by atoms with E-state index in [-0.39, 0.29) is 18.1 Å². The second-order valence-electron chi connectivity index (χ2n) is 3.88. The maximum absolute atomic E-state index is 12.0. The summed E-state index contributed by atoms with van der Waals surface area (Å²) in [5, 5.41) is 7.25. The van der Waals surface area contributed by atoms with E-state index >= 15 is 0 Å². The number of hydrogen-bond donors (Lipinski definition) is 1. The molecule has 0 bridgehead atoms. The predicted molar refractivity (Wildman–Crippen MR) is 69.4 cm³/mol. The molecule has 19 heavy (non-hydrogen) atoms. The van der Waals surface area contributed by atoms with Crippen LogP contribution in [0.3, 0.4) is 0 Å². The minimum atomic E-state index is -0.469. The van der Waals surface area contributed by atoms with Gasteiger partial charge in [0.05, 0.1) is 11.2 Å². The molecule has 0 unspecified atom stereocenters. The Kier molecular flexibility index (Phi) is 3.72. The van der Waals surface area contributed by atoms with E-state index in [0.29, 0.717) is 11.7 Å². The van der Waals surface area contributed by atoms with Gasteiger partial charge >= 0.3 is 0 Å². The largest absolute Gasteiger partial charge is 0.362 e. The number of carbonyl (C=O) groups excluding carboxylic acids is 2. The van der Waals surface area contributed by atoms with E-state index in [4.69, 9.17) is 4.74 Å². The summed E-state index contributed by atoms with van der Waals surface area (Å²) < 4.78 is 6.60. The van der Waals surface area contributed by atoms with Crippen LogP contribution in [0.2, 0.25) is 0 Å². The summed E-state index contributed by atoms with van der Waals surface area (Å²) in [7, 11) is 1.55. The lowest BCUT2D eigenvalue weighted by Crippen LogP contribution is -2.23. The molecule has 1 aromatic heterocycles. The summed E-state index contributed by atoms with van der Waals surface area (Å²) in [4.78, 5) is 22.5. The molecule has 1 N–H and O–H groups in total. The van der Waals surface area contributed by atoms with Gasteiger partial charge in [-0.25, -0.2) is 4.68 Å². The lowest BCUT2D eigenvalue weighted by molar-refractivity contribution is -0.105. The molecule has 1 amide bonds. The molecular formula is C13H13N3O3. The Morgan fingerprint density at radius 3 is 2.95 bits per heavy atom. The molecule has 0 saturated carbocycles. The van der Waals surface area contributed by atoms with Crippen molar-refractivity contribution in [3.63, 3.8) is 0 Å². The third kappa shape index (κ3) is 2.53. The van der Waals surface area contributed by atoms with E-state index < -0.39 is 5.91 Å². The molecule has 6 nitrogen and oxygen atoms in total. The van der Waals surface area contributed by atoms with Gasteiger partial charge < -0.3 is 10.1 Å². The van der Waals surface area contributed by atoms with Crippen LogP contribution in [0.25, 0.3) is 10.9 Å². The first kappa shape index (κ1) is 13.0. The minimum Gasteiger partial charge on any atom is -0.362 e. The first-order chi connectivity index (χ1) is 9.17. The Morgan fingerprint density at radius 2 is 2.26 bits per heavy atom. The monoisotopic (exact) mass is 259 g/mol. The van der Waals surface area contributed by atoms with Gasteiger partial charge in [-0.2, -0.15) is 5.10 Å². The zero-order chi connectivity index (χ0) is 13.8. The van der Waals surface area contributed by atoms with Crippen molar-refractivity contribution in [3.8, 4) is 0 Å². The third-order valence-corrected chi connectivity index (χ3v) is 2.54. The molecule has 98 valence electrons. The van der Waals surface area contributed by atoms with Gasteiger partial charge in [0.2, 0.25) is 0 Å². The highest BCUT2D eigenvalue weighted by Crippen LogP contribution is 2.18. The Hall–Kier alpha value is -2.47. The van der Waals surface area contributed by atoms with Crippen molar-refractivity contribution in [2.24, 2.45) is 0 Å². The molecular weight excluding hydrogens is 246 g/mol. The highest BCUT2D eigenvalue weighted by Gasteiger charge is 2.17. The molecule has 0 aliphatic carbocycles. The fourth-order valence-electron chi connectivity index (χ4n) is 1.75. The fraction of sp³-hybridized carbons (Fsp3) is 0.154. The topological polar surface area (TPSA) is 73.2 Å². The van der Waals surface area contributed by atoms with Crippen molar-refractivity contribution in [2.75, 3.05) is 7.11 Å². The summed E-state index contributed by atoms with van der Waals surface area (Å²) >= 11 is 0. The molecule has 0 radical (unpaired) electrons. The summed E-state index contributed by atoms with van der Waals surface area (Å²) in [5.41, 5.74) is 1.01. The normalized spacial score (nSPS) is 10.4. The molecule has 2 aromatic rings. The Balaban J connectivity index is 2.45. The van der Waals surface area contributed by atoms with Gasteiger partial charge in [0.25, 0.3) is 5.91 Å². The maximum Gasteiger partial charge on any atom is 0.276 e. The smallest absolute Gasteiger partial charge is 0.276 e. The zero-order valence-electron chi connectivity index (χ0n) is 10.4. The van der Waals surface area contributed by atoms with Gasteiger partial charge in [0.1, 0.15) is 6.73 Å². The number of benzene rings is 1. The average Bonchev–Trinajstić information content (AvgIpc) is 2.78. The van der Waals surface area contributed by atoms with E-state index in [9.17, 15) is 9.59 Å². The standard InChI is InChI=1S/C13H13N3O3/c1-9(7-17)14-13(18)12-10-5-3-4-6-11(10)16(15-12)8-19-2/h3-7H,1,8H2,2H3,(H,14,18). The molecule has 2 rings (SSSR count). The number of para-hydroxylation sites is 1. The number of rotatable bonds is 5. The molecule has 1 heterocycles. The summed E-state index contributed by atoms with van der Waals surface area (Å²) in [5.74, 6) is -0.469. The summed E-state index contributed by atoms with van der Waals surface area (Å²) in [6.45, 7) is 3.64. The van der Waals surface area contributed by atoms with E-state index in [0.717, 1.165) is 5.52 Å². The molecule has 6 heteroatoms. The first-order valence-electron chi connectivity index (χ1n) is 5.57. The SMILES string of the molecule is C=C(C=O)NC(=O)c1nn(COC)c2ccccc12. The Morgan fingerprint density at radius 1 is 1.53 bits per heavy atom. The van der Waals surface area contributed by atoms with Crippen molar-refractivity contribution in [2.45, 2.75) is 6.73 Å². The Labute approximate surface area is 109 Å². The van der Waals surface area contributed by atoms with Crippen molar-refractivity contribution in [1.29, 1.82) is 0 Å². The van der Waals surface area contributed by atoms with E-state index in [1.165, 1.54) is 0 Å². The molecule has 0 aliphatic rings. The van der Waals surface area contributed by atoms with E-state index in [1.54, 1.807) is 17.9 Å². The van der Waals surface area contributed by atoms with Gasteiger partial charge in [-0.3, -0.25) is 9.59 Å². The zero-order valence-corrected chi connectivity index (χ0v) is 10.4. The first-order valence-corrected chi connectivity index (χ1v) is 5.57. The van der Waals surface area contributed by atoms with Gasteiger partial charge in [-0.15, -0.1) is 0 Å². The summed E-state index contributed by atoms with van der Waals surface area (Å²) in [6.07, 6.45) is 0.478. The van der Waals surface area contributed by atoms with Crippen LogP contribution in [0.15, 0.2) is 36.5 Å². The fourth-order valence-corrected chi connectivity index (χ4v) is 1.75. The summed E-state index contributed by atoms with van der Waals surface area (Å²) in [6, 6.07) is 7.29. The number of carbonyl (C=O) groups is 2. The lowest BCUT2D eigenvalue weighted by Gasteiger charge is -2.00. The van der Waals surface area contributed by atoms with Crippen LogP contribution in [0, 0.1) is 0 Å². The van der Waals surface area contributed by atoms with Crippen LogP contribution in [0.1, 0.15) is 10.5 Å². The molecule has 0 aliphatic heterocycles. The van der Waals surface area contributed by atoms with Crippen molar-refractivity contribution in [1.82, 2.24) is 15.1 Å². The number of methoxy groups -OCH3 is 1. The van der Waals surface area contributed by atoms with Gasteiger partial charge in [-0.1, -0.05) is 24.8 Å². The van der Waals surface area contributed by atoms with E-state index in [1.807, 2.05) is 18.2 Å². The van der Waals surface area contributed by atoms with Crippen LogP contribution >= 0.6 is 0 Å². The van der Waals surface area contributed by atoms with Gasteiger partial charge in [0, 0.05) is 12.5 Å². The number of nitrogens with one attached hydrogen (secondary N) is 1. The minimum absolute atomic E-state index is 0.00428. The van der Waals surface area contributed by atoms with Crippen molar-refractivity contribution < 1.29 is 14.3 Å². The number of hydrogen-bond acceptors (Lipinski definition) is 4. The third-order valence-electron chi connectivity index (χ3n) is 2.54. The molecule has 0 fully saturated rings. The van der Waals surface area contributed by atoms with Gasteiger partial charge in [-0.05, 0) is 6.07 Å².